The predicted molar refractivity (Wildman–Crippen MR) is 123 cm³/mol. The molecule has 4 aromatic rings. The molecule has 2 heterocycles. The summed E-state index contributed by atoms with van der Waals surface area (Å²) in [6, 6.07) is 13.9. The standard InChI is InChI=1S/C25H29N3O3/c1-5-30-16-24-27-22-13-26-21-12-19(31-15-18-8-6-7-9-23(18)29-4)10-11-20(21)25(22)28(24)14-17(2)3/h6-13,17H,5,14-16H2,1-4H3. The van der Waals surface area contributed by atoms with Crippen LogP contribution in [-0.2, 0) is 24.5 Å². The molecule has 6 heteroatoms. The molecule has 2 aromatic carbocycles. The average Bonchev–Trinajstić information content (AvgIpc) is 3.13. The van der Waals surface area contributed by atoms with E-state index < -0.39 is 0 Å². The van der Waals surface area contributed by atoms with Gasteiger partial charge in [-0.3, -0.25) is 4.98 Å². The number of ether oxygens (including phenoxy) is 3. The first-order chi connectivity index (χ1) is 15.1. The van der Waals surface area contributed by atoms with Crippen molar-refractivity contribution in [2.75, 3.05) is 13.7 Å². The summed E-state index contributed by atoms with van der Waals surface area (Å²) in [5.74, 6) is 3.03. The Morgan fingerprint density at radius 1 is 1.03 bits per heavy atom. The molecule has 0 N–H and O–H groups in total. The maximum absolute atomic E-state index is 6.05. The van der Waals surface area contributed by atoms with Gasteiger partial charge in [-0.15, -0.1) is 0 Å². The predicted octanol–water partition coefficient (Wildman–Crippen LogP) is 5.36. The molecule has 0 radical (unpaired) electrons. The smallest absolute Gasteiger partial charge is 0.136 e. The van der Waals surface area contributed by atoms with Crippen LogP contribution in [-0.4, -0.2) is 28.3 Å². The Labute approximate surface area is 182 Å². The molecule has 0 spiro atoms. The maximum Gasteiger partial charge on any atom is 0.136 e. The van der Waals surface area contributed by atoms with Crippen LogP contribution in [0.2, 0.25) is 0 Å². The number of benzene rings is 2. The van der Waals surface area contributed by atoms with Gasteiger partial charge in [0.2, 0.25) is 0 Å². The first kappa shape index (κ1) is 21.1. The minimum Gasteiger partial charge on any atom is -0.496 e. The highest BCUT2D eigenvalue weighted by atomic mass is 16.5. The molecule has 0 aliphatic carbocycles. The van der Waals surface area contributed by atoms with Crippen LogP contribution in [0.15, 0.2) is 48.7 Å². The minimum atomic E-state index is 0.432. The van der Waals surface area contributed by atoms with E-state index >= 15 is 0 Å². The second-order valence-corrected chi connectivity index (χ2v) is 7.94. The Hall–Kier alpha value is -3.12. The Morgan fingerprint density at radius 3 is 2.65 bits per heavy atom. The highest BCUT2D eigenvalue weighted by molar-refractivity contribution is 6.02. The first-order valence-corrected chi connectivity index (χ1v) is 10.7. The maximum atomic E-state index is 6.05. The molecular formula is C25H29N3O3. The lowest BCUT2D eigenvalue weighted by molar-refractivity contribution is 0.125. The van der Waals surface area contributed by atoms with Crippen LogP contribution in [0.25, 0.3) is 21.9 Å². The third-order valence-corrected chi connectivity index (χ3v) is 5.19. The Kier molecular flexibility index (Phi) is 6.37. The highest BCUT2D eigenvalue weighted by Gasteiger charge is 2.16. The lowest BCUT2D eigenvalue weighted by atomic mass is 10.1. The quantitative estimate of drug-likeness (QED) is 0.365. The molecule has 4 rings (SSSR count). The monoisotopic (exact) mass is 419 g/mol. The molecule has 6 nitrogen and oxygen atoms in total. The molecule has 0 aliphatic heterocycles. The summed E-state index contributed by atoms with van der Waals surface area (Å²) in [7, 11) is 1.67. The van der Waals surface area contributed by atoms with Gasteiger partial charge in [0.1, 0.15) is 36.1 Å². The summed E-state index contributed by atoms with van der Waals surface area (Å²) in [5.41, 5.74) is 3.89. The third-order valence-electron chi connectivity index (χ3n) is 5.19. The van der Waals surface area contributed by atoms with Crippen LogP contribution in [0.1, 0.15) is 32.2 Å². The van der Waals surface area contributed by atoms with Gasteiger partial charge in [0.05, 0.1) is 24.3 Å². The molecule has 162 valence electrons. The number of hydrogen-bond acceptors (Lipinski definition) is 5. The topological polar surface area (TPSA) is 58.4 Å². The van der Waals surface area contributed by atoms with Gasteiger partial charge in [0.25, 0.3) is 0 Å². The number of hydrogen-bond donors (Lipinski definition) is 0. The fourth-order valence-corrected chi connectivity index (χ4v) is 3.78. The zero-order valence-electron chi connectivity index (χ0n) is 18.6. The number of rotatable bonds is 9. The van der Waals surface area contributed by atoms with Crippen LogP contribution in [0.4, 0.5) is 0 Å². The molecular weight excluding hydrogens is 390 g/mol. The van der Waals surface area contributed by atoms with E-state index in [9.17, 15) is 0 Å². The van der Waals surface area contributed by atoms with E-state index in [1.54, 1.807) is 7.11 Å². The number of fused-ring (bicyclic) bond motifs is 3. The lowest BCUT2D eigenvalue weighted by Crippen LogP contribution is -2.10. The number of methoxy groups -OCH3 is 1. The van der Waals surface area contributed by atoms with E-state index in [2.05, 4.69) is 29.5 Å². The number of pyridine rings is 1. The summed E-state index contributed by atoms with van der Waals surface area (Å²) in [6.07, 6.45) is 1.84. The number of imidazole rings is 1. The van der Waals surface area contributed by atoms with Gasteiger partial charge in [-0.25, -0.2) is 4.98 Å². The normalized spacial score (nSPS) is 11.5. The third kappa shape index (κ3) is 4.49. The van der Waals surface area contributed by atoms with E-state index in [4.69, 9.17) is 19.2 Å². The SMILES string of the molecule is CCOCc1nc2cnc3cc(OCc4ccccc4OC)ccc3c2n1CC(C)C. The second kappa shape index (κ2) is 9.35. The first-order valence-electron chi connectivity index (χ1n) is 10.7. The van der Waals surface area contributed by atoms with Crippen molar-refractivity contribution in [1.29, 1.82) is 0 Å². The summed E-state index contributed by atoms with van der Waals surface area (Å²) in [6.45, 7) is 8.90. The summed E-state index contributed by atoms with van der Waals surface area (Å²) in [5, 5.41) is 1.07. The van der Waals surface area contributed by atoms with Crippen molar-refractivity contribution in [2.45, 2.75) is 40.5 Å². The van der Waals surface area contributed by atoms with Crippen LogP contribution >= 0.6 is 0 Å². The molecule has 0 saturated carbocycles. The van der Waals surface area contributed by atoms with Crippen molar-refractivity contribution >= 4 is 21.9 Å². The van der Waals surface area contributed by atoms with Crippen molar-refractivity contribution < 1.29 is 14.2 Å². The van der Waals surface area contributed by atoms with Gasteiger partial charge in [-0.2, -0.15) is 0 Å². The molecule has 2 aromatic heterocycles. The lowest BCUT2D eigenvalue weighted by Gasteiger charge is -2.13. The number of aromatic nitrogens is 3. The van der Waals surface area contributed by atoms with Crippen LogP contribution in [0.5, 0.6) is 11.5 Å². The Morgan fingerprint density at radius 2 is 1.87 bits per heavy atom. The molecule has 0 bridgehead atoms. The van der Waals surface area contributed by atoms with E-state index in [0.29, 0.717) is 25.7 Å². The van der Waals surface area contributed by atoms with E-state index in [1.807, 2.05) is 49.5 Å². The molecule has 0 atom stereocenters. The van der Waals surface area contributed by atoms with Gasteiger partial charge in [0.15, 0.2) is 0 Å². The minimum absolute atomic E-state index is 0.432. The van der Waals surface area contributed by atoms with E-state index in [0.717, 1.165) is 51.4 Å². The van der Waals surface area contributed by atoms with Crippen molar-refractivity contribution in [1.82, 2.24) is 14.5 Å². The Balaban J connectivity index is 1.69. The van der Waals surface area contributed by atoms with Crippen molar-refractivity contribution in [3.8, 4) is 11.5 Å². The molecule has 0 saturated heterocycles. The average molecular weight is 420 g/mol. The molecule has 0 unspecified atom stereocenters. The highest BCUT2D eigenvalue weighted by Crippen LogP contribution is 2.29. The van der Waals surface area contributed by atoms with Crippen molar-refractivity contribution in [3.63, 3.8) is 0 Å². The van der Waals surface area contributed by atoms with Crippen molar-refractivity contribution in [2.24, 2.45) is 5.92 Å². The fraction of sp³-hybridized carbons (Fsp3) is 0.360. The van der Waals surface area contributed by atoms with Crippen molar-refractivity contribution in [3.05, 3.63) is 60.0 Å². The zero-order valence-corrected chi connectivity index (χ0v) is 18.6. The molecule has 0 amide bonds. The van der Waals surface area contributed by atoms with E-state index in [-0.39, 0.29) is 0 Å². The number of nitrogens with zero attached hydrogens (tertiary/aromatic N) is 3. The second-order valence-electron chi connectivity index (χ2n) is 7.94. The summed E-state index contributed by atoms with van der Waals surface area (Å²) < 4.78 is 19.4. The van der Waals surface area contributed by atoms with Crippen LogP contribution < -0.4 is 9.47 Å². The van der Waals surface area contributed by atoms with E-state index in [1.165, 1.54) is 0 Å². The summed E-state index contributed by atoms with van der Waals surface area (Å²) in [4.78, 5) is 9.45. The zero-order chi connectivity index (χ0) is 21.8. The van der Waals surface area contributed by atoms with Gasteiger partial charge in [-0.1, -0.05) is 32.0 Å². The van der Waals surface area contributed by atoms with Gasteiger partial charge in [-0.05, 0) is 31.0 Å². The number of para-hydroxylation sites is 1. The fourth-order valence-electron chi connectivity index (χ4n) is 3.78. The largest absolute Gasteiger partial charge is 0.496 e. The van der Waals surface area contributed by atoms with Gasteiger partial charge < -0.3 is 18.8 Å². The van der Waals surface area contributed by atoms with Crippen LogP contribution in [0.3, 0.4) is 0 Å². The molecule has 31 heavy (non-hydrogen) atoms. The van der Waals surface area contributed by atoms with Gasteiger partial charge >= 0.3 is 0 Å². The summed E-state index contributed by atoms with van der Waals surface area (Å²) >= 11 is 0. The van der Waals surface area contributed by atoms with Gasteiger partial charge in [0, 0.05) is 30.2 Å². The van der Waals surface area contributed by atoms with Crippen LogP contribution in [0, 0.1) is 5.92 Å². The Bertz CT molecular complexity index is 1180. The molecule has 0 fully saturated rings. The molecule has 0 aliphatic rings.